The molecule has 1 N–H and O–H groups in total. The van der Waals surface area contributed by atoms with Gasteiger partial charge in [0.05, 0.1) is 12.1 Å². The van der Waals surface area contributed by atoms with E-state index in [0.29, 0.717) is 18.7 Å². The number of ether oxygens (including phenoxy) is 1. The van der Waals surface area contributed by atoms with E-state index < -0.39 is 5.82 Å². The topological polar surface area (TPSA) is 44.8 Å². The number of likely N-dealkylation sites (N-methyl/N-ethyl adjacent to an activating group) is 1. The lowest BCUT2D eigenvalue weighted by atomic mass is 10.1. The number of carbonyl (C=O) groups excluding carboxylic acids is 1. The molecule has 3 aromatic rings. The van der Waals surface area contributed by atoms with Crippen molar-refractivity contribution in [3.8, 4) is 16.9 Å². The van der Waals surface area contributed by atoms with Crippen molar-refractivity contribution in [1.29, 1.82) is 0 Å². The molecule has 0 saturated carbocycles. The molecule has 1 aliphatic rings. The summed E-state index contributed by atoms with van der Waals surface area (Å²) in [5.74, 6) is 0.0521. The van der Waals surface area contributed by atoms with E-state index in [1.54, 1.807) is 6.07 Å². The Kier molecular flexibility index (Phi) is 7.02. The van der Waals surface area contributed by atoms with Gasteiger partial charge in [0, 0.05) is 37.4 Å². The molecular weight excluding hydrogens is 405 g/mol. The van der Waals surface area contributed by atoms with E-state index in [0.717, 1.165) is 48.7 Å². The number of nitrogens with zero attached hydrogens (tertiary/aromatic N) is 2. The molecule has 1 amide bonds. The Morgan fingerprint density at radius 2 is 1.69 bits per heavy atom. The molecule has 0 unspecified atom stereocenters. The molecule has 0 aliphatic carbocycles. The van der Waals surface area contributed by atoms with Gasteiger partial charge < -0.3 is 19.9 Å². The number of halogens is 1. The summed E-state index contributed by atoms with van der Waals surface area (Å²) in [4.78, 5) is 17.2. The number of para-hydroxylation sites is 1. The number of hydrogen-bond donors (Lipinski definition) is 1. The summed E-state index contributed by atoms with van der Waals surface area (Å²) in [6.45, 7) is 4.07. The quantitative estimate of drug-likeness (QED) is 0.571. The number of nitrogens with one attached hydrogen (secondary N) is 1. The lowest BCUT2D eigenvalue weighted by Gasteiger charge is -2.35. The van der Waals surface area contributed by atoms with E-state index in [1.165, 1.54) is 12.1 Å². The van der Waals surface area contributed by atoms with Crippen LogP contribution in [0, 0.1) is 5.82 Å². The standard InChI is InChI=1S/C26H28FN3O2/c1-29-14-16-30(17-15-29)24-12-11-21(27)19-23(24)26(31)28-13-18-32-25-10-6-5-9-22(25)20-7-3-2-4-8-20/h2-12,19H,13-18H2,1H3,(H,28,31). The second-order valence-electron chi connectivity index (χ2n) is 7.92. The minimum atomic E-state index is -0.416. The second-order valence-corrected chi connectivity index (χ2v) is 7.92. The van der Waals surface area contributed by atoms with Crippen LogP contribution in [0.5, 0.6) is 5.75 Å². The van der Waals surface area contributed by atoms with Crippen molar-refractivity contribution in [1.82, 2.24) is 10.2 Å². The highest BCUT2D eigenvalue weighted by Crippen LogP contribution is 2.29. The molecule has 1 heterocycles. The minimum absolute atomic E-state index is 0.293. The van der Waals surface area contributed by atoms with Crippen molar-refractivity contribution < 1.29 is 13.9 Å². The molecule has 0 bridgehead atoms. The molecule has 32 heavy (non-hydrogen) atoms. The molecule has 0 spiro atoms. The lowest BCUT2D eigenvalue weighted by Crippen LogP contribution is -2.45. The van der Waals surface area contributed by atoms with E-state index in [-0.39, 0.29) is 5.91 Å². The SMILES string of the molecule is CN1CCN(c2ccc(F)cc2C(=O)NCCOc2ccccc2-c2ccccc2)CC1. The van der Waals surface area contributed by atoms with Gasteiger partial charge in [0.25, 0.3) is 5.91 Å². The van der Waals surface area contributed by atoms with Crippen molar-refractivity contribution in [2.75, 3.05) is 51.3 Å². The number of carbonyl (C=O) groups is 1. The Labute approximate surface area is 188 Å². The van der Waals surface area contributed by atoms with E-state index in [1.807, 2.05) is 54.6 Å². The van der Waals surface area contributed by atoms with E-state index >= 15 is 0 Å². The molecule has 0 radical (unpaired) electrons. The first-order valence-electron chi connectivity index (χ1n) is 10.9. The first-order chi connectivity index (χ1) is 15.6. The van der Waals surface area contributed by atoms with E-state index in [4.69, 9.17) is 4.74 Å². The first-order valence-corrected chi connectivity index (χ1v) is 10.9. The Balaban J connectivity index is 1.38. The monoisotopic (exact) mass is 433 g/mol. The summed E-state index contributed by atoms with van der Waals surface area (Å²) in [5.41, 5.74) is 3.21. The van der Waals surface area contributed by atoms with Crippen molar-refractivity contribution in [3.05, 3.63) is 84.2 Å². The maximum absolute atomic E-state index is 13.9. The van der Waals surface area contributed by atoms with Gasteiger partial charge in [-0.3, -0.25) is 4.79 Å². The summed E-state index contributed by atoms with van der Waals surface area (Å²) < 4.78 is 19.9. The fourth-order valence-corrected chi connectivity index (χ4v) is 3.88. The third-order valence-corrected chi connectivity index (χ3v) is 5.66. The fraction of sp³-hybridized carbons (Fsp3) is 0.269. The number of piperazine rings is 1. The highest BCUT2D eigenvalue weighted by Gasteiger charge is 2.20. The maximum atomic E-state index is 13.9. The van der Waals surface area contributed by atoms with Gasteiger partial charge in [-0.25, -0.2) is 4.39 Å². The number of hydrogen-bond acceptors (Lipinski definition) is 4. The second kappa shape index (κ2) is 10.3. The average molecular weight is 434 g/mol. The smallest absolute Gasteiger partial charge is 0.253 e. The maximum Gasteiger partial charge on any atom is 0.253 e. The Morgan fingerprint density at radius 1 is 0.969 bits per heavy atom. The summed E-state index contributed by atoms with van der Waals surface area (Å²) in [5, 5.41) is 2.88. The molecule has 0 atom stereocenters. The third-order valence-electron chi connectivity index (χ3n) is 5.66. The van der Waals surface area contributed by atoms with E-state index in [9.17, 15) is 9.18 Å². The Morgan fingerprint density at radius 3 is 2.47 bits per heavy atom. The zero-order valence-corrected chi connectivity index (χ0v) is 18.3. The average Bonchev–Trinajstić information content (AvgIpc) is 2.83. The van der Waals surface area contributed by atoms with Crippen LogP contribution in [0.4, 0.5) is 10.1 Å². The minimum Gasteiger partial charge on any atom is -0.491 e. The van der Waals surface area contributed by atoms with Crippen LogP contribution in [0.3, 0.4) is 0 Å². The van der Waals surface area contributed by atoms with Crippen LogP contribution in [0.25, 0.3) is 11.1 Å². The van der Waals surface area contributed by atoms with Crippen LogP contribution in [0.1, 0.15) is 10.4 Å². The molecule has 1 saturated heterocycles. The van der Waals surface area contributed by atoms with Crippen LogP contribution in [-0.4, -0.2) is 57.2 Å². The zero-order chi connectivity index (χ0) is 22.3. The highest BCUT2D eigenvalue weighted by molar-refractivity contribution is 5.99. The van der Waals surface area contributed by atoms with Crippen LogP contribution < -0.4 is 15.0 Å². The predicted octanol–water partition coefficient (Wildman–Crippen LogP) is 4.05. The summed E-state index contributed by atoms with van der Waals surface area (Å²) in [7, 11) is 2.07. The van der Waals surface area contributed by atoms with Crippen molar-refractivity contribution in [2.24, 2.45) is 0 Å². The van der Waals surface area contributed by atoms with Gasteiger partial charge >= 0.3 is 0 Å². The van der Waals surface area contributed by atoms with Gasteiger partial charge in [0.1, 0.15) is 18.2 Å². The van der Waals surface area contributed by atoms with Gasteiger partial charge in [-0.15, -0.1) is 0 Å². The summed E-state index contributed by atoms with van der Waals surface area (Å²) in [6, 6.07) is 22.3. The fourth-order valence-electron chi connectivity index (χ4n) is 3.88. The van der Waals surface area contributed by atoms with Gasteiger partial charge in [0.15, 0.2) is 0 Å². The van der Waals surface area contributed by atoms with Crippen molar-refractivity contribution >= 4 is 11.6 Å². The predicted molar refractivity (Wildman–Crippen MR) is 126 cm³/mol. The van der Waals surface area contributed by atoms with Crippen LogP contribution in [0.15, 0.2) is 72.8 Å². The Bertz CT molecular complexity index is 1050. The summed E-state index contributed by atoms with van der Waals surface area (Å²) >= 11 is 0. The number of amides is 1. The Hall–Kier alpha value is -3.38. The summed E-state index contributed by atoms with van der Waals surface area (Å²) in [6.07, 6.45) is 0. The number of anilines is 1. The molecule has 5 nitrogen and oxygen atoms in total. The highest BCUT2D eigenvalue weighted by atomic mass is 19.1. The molecule has 4 rings (SSSR count). The van der Waals surface area contributed by atoms with Gasteiger partial charge in [0.2, 0.25) is 0 Å². The van der Waals surface area contributed by atoms with Crippen molar-refractivity contribution in [3.63, 3.8) is 0 Å². The normalized spacial score (nSPS) is 14.2. The lowest BCUT2D eigenvalue weighted by molar-refractivity contribution is 0.0947. The zero-order valence-electron chi connectivity index (χ0n) is 18.3. The first kappa shape index (κ1) is 21.8. The largest absolute Gasteiger partial charge is 0.491 e. The molecule has 0 aromatic heterocycles. The molecule has 3 aromatic carbocycles. The molecule has 6 heteroatoms. The van der Waals surface area contributed by atoms with Gasteiger partial charge in [-0.1, -0.05) is 48.5 Å². The van der Waals surface area contributed by atoms with Crippen LogP contribution >= 0.6 is 0 Å². The van der Waals surface area contributed by atoms with Crippen LogP contribution in [-0.2, 0) is 0 Å². The van der Waals surface area contributed by atoms with Gasteiger partial charge in [-0.05, 0) is 36.9 Å². The number of benzene rings is 3. The molecule has 1 aliphatic heterocycles. The van der Waals surface area contributed by atoms with Crippen LogP contribution in [0.2, 0.25) is 0 Å². The van der Waals surface area contributed by atoms with E-state index in [2.05, 4.69) is 22.2 Å². The molecule has 166 valence electrons. The molecule has 1 fully saturated rings. The van der Waals surface area contributed by atoms with Gasteiger partial charge in [-0.2, -0.15) is 0 Å². The third kappa shape index (κ3) is 5.26. The van der Waals surface area contributed by atoms with Crippen molar-refractivity contribution in [2.45, 2.75) is 0 Å². The number of rotatable bonds is 7. The molecular formula is C26H28FN3O2.